The topological polar surface area (TPSA) is 56.3 Å². The van der Waals surface area contributed by atoms with Gasteiger partial charge in [-0.3, -0.25) is 0 Å². The predicted molar refractivity (Wildman–Crippen MR) is 88.3 cm³/mol. The number of nitrogens with one attached hydrogen (secondary N) is 1. The third-order valence-electron chi connectivity index (χ3n) is 2.94. The number of ether oxygens (including phenoxy) is 2. The maximum absolute atomic E-state index is 5.43. The molecule has 3 rings (SSSR count). The number of fused-ring (bicyclic) bond motifs is 1. The Hall–Kier alpha value is -1.09. The number of halogens is 2. The average Bonchev–Trinajstić information content (AvgIpc) is 2.90. The molecule has 0 aliphatic carbocycles. The highest BCUT2D eigenvalue weighted by Crippen LogP contribution is 2.42. The van der Waals surface area contributed by atoms with Crippen molar-refractivity contribution in [1.29, 1.82) is 0 Å². The average molecular weight is 448 g/mol. The number of aromatic nitrogens is 2. The number of aryl methyl sites for hydroxylation is 1. The number of benzene rings is 1. The van der Waals surface area contributed by atoms with Crippen molar-refractivity contribution in [3.05, 3.63) is 25.9 Å². The predicted octanol–water partition coefficient (Wildman–Crippen LogP) is 3.59. The van der Waals surface area contributed by atoms with Crippen LogP contribution in [0.4, 0.5) is 5.82 Å². The fourth-order valence-corrected chi connectivity index (χ4v) is 3.02. The highest BCUT2D eigenvalue weighted by atomic mass is 127. The Balaban J connectivity index is 2.14. The molecule has 104 valence electrons. The molecule has 2 heterocycles. The molecule has 0 unspecified atom stereocenters. The highest BCUT2D eigenvalue weighted by molar-refractivity contribution is 14.1. The van der Waals surface area contributed by atoms with Gasteiger partial charge in [0.1, 0.15) is 5.82 Å². The standard InChI is InChI=1S/C13H11BrIN3O2/c1-6-10(15)13(16-2)18-12(17-6)7-3-8(14)11-9(4-7)19-5-20-11/h3-4H,5H2,1-2H3,(H,16,17,18). The Labute approximate surface area is 138 Å². The molecule has 5 nitrogen and oxygen atoms in total. The van der Waals surface area contributed by atoms with Crippen molar-refractivity contribution >= 4 is 44.3 Å². The minimum absolute atomic E-state index is 0.242. The van der Waals surface area contributed by atoms with Gasteiger partial charge in [0, 0.05) is 12.6 Å². The number of hydrogen-bond donors (Lipinski definition) is 1. The first-order chi connectivity index (χ1) is 9.60. The summed E-state index contributed by atoms with van der Waals surface area (Å²) in [6.07, 6.45) is 0. The fraction of sp³-hybridized carbons (Fsp3) is 0.231. The maximum Gasteiger partial charge on any atom is 0.231 e. The van der Waals surface area contributed by atoms with Crippen molar-refractivity contribution in [3.8, 4) is 22.9 Å². The monoisotopic (exact) mass is 447 g/mol. The van der Waals surface area contributed by atoms with E-state index in [4.69, 9.17) is 9.47 Å². The fourth-order valence-electron chi connectivity index (χ4n) is 1.95. The molecule has 0 fully saturated rings. The molecule has 0 saturated carbocycles. The van der Waals surface area contributed by atoms with Crippen LogP contribution in [0.15, 0.2) is 16.6 Å². The molecule has 1 aromatic carbocycles. The van der Waals surface area contributed by atoms with Crippen LogP contribution in [0.5, 0.6) is 11.5 Å². The van der Waals surface area contributed by atoms with Crippen molar-refractivity contribution in [2.75, 3.05) is 19.2 Å². The van der Waals surface area contributed by atoms with E-state index in [0.717, 1.165) is 30.9 Å². The van der Waals surface area contributed by atoms with Gasteiger partial charge in [0.2, 0.25) is 6.79 Å². The molecule has 20 heavy (non-hydrogen) atoms. The Bertz CT molecular complexity index is 685. The van der Waals surface area contributed by atoms with E-state index >= 15 is 0 Å². The van der Waals surface area contributed by atoms with Gasteiger partial charge in [0.05, 0.1) is 13.7 Å². The Kier molecular flexibility index (Phi) is 3.72. The number of hydrogen-bond acceptors (Lipinski definition) is 5. The van der Waals surface area contributed by atoms with E-state index in [0.29, 0.717) is 11.6 Å². The summed E-state index contributed by atoms with van der Waals surface area (Å²) in [5.74, 6) is 2.91. The van der Waals surface area contributed by atoms with E-state index in [1.54, 1.807) is 0 Å². The van der Waals surface area contributed by atoms with Gasteiger partial charge in [-0.15, -0.1) is 0 Å². The van der Waals surface area contributed by atoms with Gasteiger partial charge in [-0.25, -0.2) is 9.97 Å². The number of anilines is 1. The molecule has 0 amide bonds. The first-order valence-corrected chi connectivity index (χ1v) is 7.78. The third kappa shape index (κ3) is 2.32. The van der Waals surface area contributed by atoms with Crippen molar-refractivity contribution in [2.45, 2.75) is 6.92 Å². The Morgan fingerprint density at radius 2 is 2.10 bits per heavy atom. The van der Waals surface area contributed by atoms with Crippen LogP contribution in [0.25, 0.3) is 11.4 Å². The summed E-state index contributed by atoms with van der Waals surface area (Å²) in [4.78, 5) is 9.08. The molecule has 7 heteroatoms. The smallest absolute Gasteiger partial charge is 0.231 e. The SMILES string of the molecule is CNc1nc(-c2cc(Br)c3c(c2)OCO3)nc(C)c1I. The zero-order valence-corrected chi connectivity index (χ0v) is 14.6. The van der Waals surface area contributed by atoms with Crippen molar-refractivity contribution in [1.82, 2.24) is 9.97 Å². The molecule has 0 spiro atoms. The lowest BCUT2D eigenvalue weighted by Gasteiger charge is -2.09. The van der Waals surface area contributed by atoms with Crippen molar-refractivity contribution in [3.63, 3.8) is 0 Å². The van der Waals surface area contributed by atoms with Crippen LogP contribution in [-0.4, -0.2) is 23.8 Å². The molecule has 0 radical (unpaired) electrons. The quantitative estimate of drug-likeness (QED) is 0.713. The summed E-state index contributed by atoms with van der Waals surface area (Å²) < 4.78 is 12.7. The van der Waals surface area contributed by atoms with Crippen LogP contribution in [0, 0.1) is 10.5 Å². The summed E-state index contributed by atoms with van der Waals surface area (Å²) in [5.41, 5.74) is 1.82. The van der Waals surface area contributed by atoms with E-state index < -0.39 is 0 Å². The van der Waals surface area contributed by atoms with Crippen LogP contribution in [0.2, 0.25) is 0 Å². The van der Waals surface area contributed by atoms with E-state index in [1.165, 1.54) is 0 Å². The highest BCUT2D eigenvalue weighted by Gasteiger charge is 2.20. The van der Waals surface area contributed by atoms with Crippen LogP contribution >= 0.6 is 38.5 Å². The first-order valence-electron chi connectivity index (χ1n) is 5.91. The summed E-state index contributed by atoms with van der Waals surface area (Å²) in [5, 5.41) is 3.09. The van der Waals surface area contributed by atoms with Crippen LogP contribution in [-0.2, 0) is 0 Å². The lowest BCUT2D eigenvalue weighted by molar-refractivity contribution is 0.173. The van der Waals surface area contributed by atoms with Crippen LogP contribution < -0.4 is 14.8 Å². The Morgan fingerprint density at radius 1 is 1.30 bits per heavy atom. The van der Waals surface area contributed by atoms with Crippen LogP contribution in [0.3, 0.4) is 0 Å². The molecule has 1 aliphatic rings. The lowest BCUT2D eigenvalue weighted by Crippen LogP contribution is -2.02. The normalized spacial score (nSPS) is 12.6. The number of rotatable bonds is 2. The minimum Gasteiger partial charge on any atom is -0.454 e. The molecule has 0 bridgehead atoms. The molecular formula is C13H11BrIN3O2. The van der Waals surface area contributed by atoms with E-state index in [1.807, 2.05) is 26.1 Å². The summed E-state index contributed by atoms with van der Waals surface area (Å²) >= 11 is 5.72. The van der Waals surface area contributed by atoms with Gasteiger partial charge < -0.3 is 14.8 Å². The summed E-state index contributed by atoms with van der Waals surface area (Å²) in [6, 6.07) is 3.84. The van der Waals surface area contributed by atoms with Crippen molar-refractivity contribution < 1.29 is 9.47 Å². The second-order valence-electron chi connectivity index (χ2n) is 4.24. The molecule has 2 aromatic rings. The molecule has 1 N–H and O–H groups in total. The van der Waals surface area contributed by atoms with Gasteiger partial charge >= 0.3 is 0 Å². The first kappa shape index (κ1) is 13.9. The van der Waals surface area contributed by atoms with Gasteiger partial charge in [-0.05, 0) is 57.6 Å². The van der Waals surface area contributed by atoms with Gasteiger partial charge in [0.25, 0.3) is 0 Å². The molecule has 0 atom stereocenters. The van der Waals surface area contributed by atoms with Gasteiger partial charge in [-0.1, -0.05) is 0 Å². The van der Waals surface area contributed by atoms with E-state index in [2.05, 4.69) is 53.8 Å². The zero-order valence-electron chi connectivity index (χ0n) is 10.8. The number of nitrogens with zero attached hydrogens (tertiary/aromatic N) is 2. The van der Waals surface area contributed by atoms with E-state index in [9.17, 15) is 0 Å². The summed E-state index contributed by atoms with van der Waals surface area (Å²) in [6.45, 7) is 2.21. The molecule has 0 saturated heterocycles. The Morgan fingerprint density at radius 3 is 2.85 bits per heavy atom. The van der Waals surface area contributed by atoms with Gasteiger partial charge in [0.15, 0.2) is 17.3 Å². The lowest BCUT2D eigenvalue weighted by atomic mass is 10.2. The maximum atomic E-state index is 5.43. The third-order valence-corrected chi connectivity index (χ3v) is 4.82. The summed E-state index contributed by atoms with van der Waals surface area (Å²) in [7, 11) is 1.85. The van der Waals surface area contributed by atoms with E-state index in [-0.39, 0.29) is 6.79 Å². The molecular weight excluding hydrogens is 437 g/mol. The largest absolute Gasteiger partial charge is 0.454 e. The second kappa shape index (κ2) is 5.36. The van der Waals surface area contributed by atoms with Gasteiger partial charge in [-0.2, -0.15) is 0 Å². The zero-order chi connectivity index (χ0) is 14.3. The molecule has 1 aromatic heterocycles. The second-order valence-corrected chi connectivity index (χ2v) is 6.17. The van der Waals surface area contributed by atoms with Crippen molar-refractivity contribution in [2.24, 2.45) is 0 Å². The van der Waals surface area contributed by atoms with Crippen LogP contribution in [0.1, 0.15) is 5.69 Å². The minimum atomic E-state index is 0.242. The molecule has 1 aliphatic heterocycles.